The van der Waals surface area contributed by atoms with Crippen molar-refractivity contribution in [3.05, 3.63) is 236 Å². The van der Waals surface area contributed by atoms with Crippen LogP contribution in [0.5, 0.6) is 0 Å². The SMILES string of the molecule is CC1(c2ccccc2)C=CC(c2cc(-c3ccc(-n4c5ccccc5c5cc(-c6ccc7c(c6)c6ccccc6n7-c6ccccc6)ccc54)cc3)nc(-c3ccccc3)n2)=CC1. The van der Waals surface area contributed by atoms with Crippen molar-refractivity contribution in [2.24, 2.45) is 0 Å². The highest BCUT2D eigenvalue weighted by Crippen LogP contribution is 2.40. The third-order valence-electron chi connectivity index (χ3n) is 13.0. The van der Waals surface area contributed by atoms with Gasteiger partial charge in [0.25, 0.3) is 0 Å². The maximum absolute atomic E-state index is 5.16. The molecule has 8 aromatic carbocycles. The van der Waals surface area contributed by atoms with E-state index in [0.717, 1.165) is 46.0 Å². The molecule has 11 aromatic rings. The van der Waals surface area contributed by atoms with Crippen molar-refractivity contribution in [3.63, 3.8) is 0 Å². The quantitative estimate of drug-likeness (QED) is 0.161. The Morgan fingerprint density at radius 1 is 0.413 bits per heavy atom. The van der Waals surface area contributed by atoms with E-state index in [4.69, 9.17) is 9.97 Å². The number of hydrogen-bond acceptors (Lipinski definition) is 2. The molecule has 3 aromatic heterocycles. The van der Waals surface area contributed by atoms with Crippen LogP contribution in [0.3, 0.4) is 0 Å². The number of aromatic nitrogens is 4. The van der Waals surface area contributed by atoms with E-state index in [1.54, 1.807) is 0 Å². The molecule has 0 N–H and O–H groups in total. The van der Waals surface area contributed by atoms with Gasteiger partial charge in [0.05, 0.1) is 33.5 Å². The molecule has 1 unspecified atom stereocenters. The van der Waals surface area contributed by atoms with E-state index in [0.29, 0.717) is 0 Å². The maximum atomic E-state index is 5.16. The number of allylic oxidation sites excluding steroid dienone is 4. The van der Waals surface area contributed by atoms with Crippen molar-refractivity contribution < 1.29 is 0 Å². The lowest BCUT2D eigenvalue weighted by atomic mass is 9.76. The van der Waals surface area contributed by atoms with E-state index >= 15 is 0 Å². The predicted molar refractivity (Wildman–Crippen MR) is 263 cm³/mol. The monoisotopic (exact) mass is 806 g/mol. The zero-order valence-corrected chi connectivity index (χ0v) is 34.9. The summed E-state index contributed by atoms with van der Waals surface area (Å²) < 4.78 is 4.76. The van der Waals surface area contributed by atoms with Crippen LogP contribution < -0.4 is 0 Å². The Bertz CT molecular complexity index is 3580. The van der Waals surface area contributed by atoms with E-state index < -0.39 is 0 Å². The van der Waals surface area contributed by atoms with Gasteiger partial charge in [0, 0.05) is 49.5 Å². The van der Waals surface area contributed by atoms with Gasteiger partial charge in [-0.3, -0.25) is 0 Å². The maximum Gasteiger partial charge on any atom is 0.160 e. The third-order valence-corrected chi connectivity index (χ3v) is 13.0. The molecule has 0 spiro atoms. The molecule has 63 heavy (non-hydrogen) atoms. The second kappa shape index (κ2) is 14.8. The van der Waals surface area contributed by atoms with Crippen LogP contribution in [-0.2, 0) is 5.41 Å². The zero-order valence-electron chi connectivity index (χ0n) is 34.9. The minimum absolute atomic E-state index is 0.0626. The molecule has 0 radical (unpaired) electrons. The molecular weight excluding hydrogens is 765 g/mol. The van der Waals surface area contributed by atoms with E-state index in [2.05, 4.69) is 222 Å². The van der Waals surface area contributed by atoms with Gasteiger partial charge in [0.1, 0.15) is 0 Å². The summed E-state index contributed by atoms with van der Waals surface area (Å²) in [5.41, 5.74) is 15.6. The molecule has 0 saturated heterocycles. The van der Waals surface area contributed by atoms with Gasteiger partial charge in [-0.15, -0.1) is 0 Å². The minimum Gasteiger partial charge on any atom is -0.309 e. The predicted octanol–water partition coefficient (Wildman–Crippen LogP) is 15.0. The number of para-hydroxylation sites is 3. The molecular formula is C59H42N4. The Morgan fingerprint density at radius 3 is 1.49 bits per heavy atom. The lowest BCUT2D eigenvalue weighted by Gasteiger charge is -2.28. The van der Waals surface area contributed by atoms with Crippen molar-refractivity contribution in [1.82, 2.24) is 19.1 Å². The van der Waals surface area contributed by atoms with Crippen molar-refractivity contribution in [2.75, 3.05) is 0 Å². The fourth-order valence-corrected chi connectivity index (χ4v) is 9.63. The van der Waals surface area contributed by atoms with E-state index in [-0.39, 0.29) is 5.41 Å². The molecule has 1 atom stereocenters. The first-order valence-electron chi connectivity index (χ1n) is 21.7. The summed E-state index contributed by atoms with van der Waals surface area (Å²) in [7, 11) is 0. The fourth-order valence-electron chi connectivity index (χ4n) is 9.63. The van der Waals surface area contributed by atoms with Gasteiger partial charge in [-0.05, 0) is 95.4 Å². The number of fused-ring (bicyclic) bond motifs is 6. The van der Waals surface area contributed by atoms with Crippen LogP contribution in [0.15, 0.2) is 224 Å². The zero-order chi connectivity index (χ0) is 41.9. The first kappa shape index (κ1) is 36.7. The average Bonchev–Trinajstić information content (AvgIpc) is 3.87. The smallest absolute Gasteiger partial charge is 0.160 e. The first-order chi connectivity index (χ1) is 31.1. The van der Waals surface area contributed by atoms with Gasteiger partial charge in [0.2, 0.25) is 0 Å². The molecule has 3 heterocycles. The van der Waals surface area contributed by atoms with Crippen LogP contribution in [0, 0.1) is 0 Å². The number of rotatable bonds is 7. The Kier molecular flexibility index (Phi) is 8.65. The van der Waals surface area contributed by atoms with Crippen LogP contribution in [-0.4, -0.2) is 19.1 Å². The summed E-state index contributed by atoms with van der Waals surface area (Å²) in [5.74, 6) is 0.720. The standard InChI is InChI=1S/C59H42N4/c1-59(45-17-7-3-8-18-45)35-33-41(34-36-59)53-39-52(60-58(61-53)42-15-5-2-6-16-42)40-25-29-47(30-26-40)63-55-24-14-12-22-49(55)51-38-44(28-32-57(51)63)43-27-31-56-50(37-43)48-21-11-13-23-54(48)62(56)46-19-9-4-10-20-46/h2-35,37-39H,36H2,1H3. The molecule has 1 aliphatic carbocycles. The van der Waals surface area contributed by atoms with Crippen LogP contribution in [0.4, 0.5) is 0 Å². The summed E-state index contributed by atoms with van der Waals surface area (Å²) in [4.78, 5) is 10.3. The lowest BCUT2D eigenvalue weighted by Crippen LogP contribution is -2.20. The van der Waals surface area contributed by atoms with Crippen molar-refractivity contribution in [1.29, 1.82) is 0 Å². The van der Waals surface area contributed by atoms with Crippen LogP contribution in [0.2, 0.25) is 0 Å². The van der Waals surface area contributed by atoms with E-state index in [9.17, 15) is 0 Å². The van der Waals surface area contributed by atoms with Gasteiger partial charge < -0.3 is 9.13 Å². The highest BCUT2D eigenvalue weighted by atomic mass is 15.0. The molecule has 4 heteroatoms. The summed E-state index contributed by atoms with van der Waals surface area (Å²) in [5, 5.41) is 4.96. The van der Waals surface area contributed by atoms with Crippen LogP contribution >= 0.6 is 0 Å². The average molecular weight is 807 g/mol. The summed E-state index contributed by atoms with van der Waals surface area (Å²) in [6.45, 7) is 2.30. The molecule has 298 valence electrons. The number of nitrogens with zero attached hydrogens (tertiary/aromatic N) is 4. The lowest BCUT2D eigenvalue weighted by molar-refractivity contribution is 0.601. The largest absolute Gasteiger partial charge is 0.309 e. The molecule has 0 amide bonds. The highest BCUT2D eigenvalue weighted by molar-refractivity contribution is 6.12. The van der Waals surface area contributed by atoms with Gasteiger partial charge in [-0.25, -0.2) is 9.97 Å². The van der Waals surface area contributed by atoms with Crippen LogP contribution in [0.1, 0.15) is 24.6 Å². The second-order valence-corrected chi connectivity index (χ2v) is 16.9. The van der Waals surface area contributed by atoms with Crippen molar-refractivity contribution in [2.45, 2.75) is 18.8 Å². The molecule has 0 saturated carbocycles. The minimum atomic E-state index is -0.0626. The van der Waals surface area contributed by atoms with Crippen molar-refractivity contribution >= 4 is 49.2 Å². The van der Waals surface area contributed by atoms with Crippen molar-refractivity contribution in [3.8, 4) is 45.1 Å². The highest BCUT2D eigenvalue weighted by Gasteiger charge is 2.26. The van der Waals surface area contributed by atoms with E-state index in [1.165, 1.54) is 66.0 Å². The first-order valence-corrected chi connectivity index (χ1v) is 21.7. The van der Waals surface area contributed by atoms with Gasteiger partial charge in [0.15, 0.2) is 5.82 Å². The molecule has 0 aliphatic heterocycles. The molecule has 0 fully saturated rings. The number of hydrogen-bond donors (Lipinski definition) is 0. The Morgan fingerprint density at radius 2 is 0.905 bits per heavy atom. The summed E-state index contributed by atoms with van der Waals surface area (Å²) in [6.07, 6.45) is 7.78. The summed E-state index contributed by atoms with van der Waals surface area (Å²) >= 11 is 0. The van der Waals surface area contributed by atoms with Gasteiger partial charge in [-0.2, -0.15) is 0 Å². The fraction of sp³-hybridized carbons (Fsp3) is 0.0508. The third kappa shape index (κ3) is 6.30. The Labute approximate surface area is 366 Å². The normalized spacial score (nSPS) is 15.1. The topological polar surface area (TPSA) is 35.6 Å². The summed E-state index contributed by atoms with van der Waals surface area (Å²) in [6, 6.07) is 74.0. The van der Waals surface area contributed by atoms with Crippen LogP contribution in [0.25, 0.3) is 94.3 Å². The van der Waals surface area contributed by atoms with Gasteiger partial charge >= 0.3 is 0 Å². The van der Waals surface area contributed by atoms with E-state index in [1.807, 2.05) is 18.2 Å². The Hall–Kier alpha value is -8.08. The van der Waals surface area contributed by atoms with Gasteiger partial charge in [-0.1, -0.05) is 165 Å². The second-order valence-electron chi connectivity index (χ2n) is 16.9. The molecule has 12 rings (SSSR count). The molecule has 4 nitrogen and oxygen atoms in total. The Balaban J connectivity index is 0.919. The molecule has 0 bridgehead atoms. The number of benzene rings is 8. The molecule has 1 aliphatic rings.